The number of carbonyl (C=O) groups is 1. The van der Waals surface area contributed by atoms with Gasteiger partial charge in [0.1, 0.15) is 6.54 Å². The molecule has 3 heterocycles. The van der Waals surface area contributed by atoms with Gasteiger partial charge in [0.25, 0.3) is 0 Å². The molecule has 0 bridgehead atoms. The second-order valence-corrected chi connectivity index (χ2v) is 6.20. The van der Waals surface area contributed by atoms with Crippen molar-refractivity contribution in [2.75, 3.05) is 20.1 Å². The first-order valence-electron chi connectivity index (χ1n) is 7.64. The van der Waals surface area contributed by atoms with Crippen LogP contribution in [-0.4, -0.2) is 57.7 Å². The van der Waals surface area contributed by atoms with Crippen molar-refractivity contribution in [2.24, 2.45) is 0 Å². The predicted molar refractivity (Wildman–Crippen MR) is 77.4 cm³/mol. The average molecular weight is 276 g/mol. The van der Waals surface area contributed by atoms with Crippen LogP contribution in [0.25, 0.3) is 0 Å². The van der Waals surface area contributed by atoms with Crippen molar-refractivity contribution in [1.29, 1.82) is 0 Å². The minimum absolute atomic E-state index is 0.218. The summed E-state index contributed by atoms with van der Waals surface area (Å²) in [5, 5.41) is 4.22. The molecule has 0 aliphatic carbocycles. The Morgan fingerprint density at radius 1 is 1.30 bits per heavy atom. The van der Waals surface area contributed by atoms with Crippen LogP contribution in [0.1, 0.15) is 31.2 Å². The summed E-state index contributed by atoms with van der Waals surface area (Å²) in [6.45, 7) is 4.45. The molecule has 0 radical (unpaired) electrons. The van der Waals surface area contributed by atoms with Crippen LogP contribution in [0.2, 0.25) is 0 Å². The topological polar surface area (TPSA) is 41.4 Å². The zero-order valence-corrected chi connectivity index (χ0v) is 12.5. The summed E-state index contributed by atoms with van der Waals surface area (Å²) in [6.07, 6.45) is 8.52. The van der Waals surface area contributed by atoms with Crippen LogP contribution in [0.3, 0.4) is 0 Å². The highest BCUT2D eigenvalue weighted by Gasteiger charge is 2.38. The van der Waals surface area contributed by atoms with Crippen LogP contribution in [0.5, 0.6) is 0 Å². The number of likely N-dealkylation sites (tertiary alicyclic amines) is 2. The summed E-state index contributed by atoms with van der Waals surface area (Å²) in [6, 6.07) is 0.965. The zero-order valence-electron chi connectivity index (χ0n) is 12.5. The van der Waals surface area contributed by atoms with Crippen molar-refractivity contribution >= 4 is 5.91 Å². The molecule has 0 N–H and O–H groups in total. The largest absolute Gasteiger partial charge is 0.337 e. The normalized spacial score (nSPS) is 27.4. The first-order chi connectivity index (χ1) is 9.65. The van der Waals surface area contributed by atoms with E-state index in [1.165, 1.54) is 19.4 Å². The number of nitrogens with zero attached hydrogens (tertiary/aromatic N) is 4. The number of aromatic nitrogens is 2. The Hall–Kier alpha value is -1.36. The van der Waals surface area contributed by atoms with E-state index >= 15 is 0 Å². The Kier molecular flexibility index (Phi) is 3.78. The molecule has 5 nitrogen and oxygen atoms in total. The lowest BCUT2D eigenvalue weighted by Crippen LogP contribution is -2.48. The summed E-state index contributed by atoms with van der Waals surface area (Å²) in [5.41, 5.74) is 1.10. The van der Waals surface area contributed by atoms with Gasteiger partial charge in [-0.2, -0.15) is 5.10 Å². The van der Waals surface area contributed by atoms with Gasteiger partial charge in [-0.1, -0.05) is 0 Å². The van der Waals surface area contributed by atoms with Crippen LogP contribution < -0.4 is 0 Å². The molecule has 0 spiro atoms. The number of hydrogen-bond acceptors (Lipinski definition) is 3. The molecule has 2 atom stereocenters. The highest BCUT2D eigenvalue weighted by molar-refractivity contribution is 5.76. The molecule has 1 aromatic heterocycles. The number of carbonyl (C=O) groups excluding carboxylic acids is 1. The summed E-state index contributed by atoms with van der Waals surface area (Å²) < 4.78 is 1.76. The van der Waals surface area contributed by atoms with Crippen LogP contribution in [0.15, 0.2) is 12.4 Å². The second kappa shape index (κ2) is 5.56. The molecule has 110 valence electrons. The Balaban J connectivity index is 1.67. The van der Waals surface area contributed by atoms with E-state index in [0.29, 0.717) is 18.6 Å². The Bertz CT molecular complexity index is 484. The number of aryl methyl sites for hydroxylation is 1. The second-order valence-electron chi connectivity index (χ2n) is 6.20. The van der Waals surface area contributed by atoms with Crippen LogP contribution >= 0.6 is 0 Å². The molecule has 2 fully saturated rings. The quantitative estimate of drug-likeness (QED) is 0.835. The van der Waals surface area contributed by atoms with Crippen molar-refractivity contribution in [3.05, 3.63) is 18.0 Å². The third kappa shape index (κ3) is 2.59. The number of likely N-dealkylation sites (N-methyl/N-ethyl adjacent to an activating group) is 1. The SMILES string of the molecule is Cc1cnn(CC(=O)N2CCC[C@H]2[C@H]2CCCN2C)c1. The molecular weight excluding hydrogens is 252 g/mol. The number of hydrogen-bond donors (Lipinski definition) is 0. The van der Waals surface area contributed by atoms with E-state index in [1.54, 1.807) is 10.9 Å². The molecular formula is C15H24N4O. The fourth-order valence-electron chi connectivity index (χ4n) is 3.71. The lowest BCUT2D eigenvalue weighted by molar-refractivity contribution is -0.133. The average Bonchev–Trinajstić information content (AvgIpc) is 3.10. The molecule has 3 rings (SSSR count). The highest BCUT2D eigenvalue weighted by Crippen LogP contribution is 2.29. The van der Waals surface area contributed by atoms with Crippen molar-refractivity contribution in [1.82, 2.24) is 19.6 Å². The fraction of sp³-hybridized carbons (Fsp3) is 0.733. The maximum absolute atomic E-state index is 12.5. The van der Waals surface area contributed by atoms with Gasteiger partial charge in [0.05, 0.1) is 6.20 Å². The van der Waals surface area contributed by atoms with Gasteiger partial charge in [-0.15, -0.1) is 0 Å². The minimum Gasteiger partial charge on any atom is -0.337 e. The maximum atomic E-state index is 12.5. The van der Waals surface area contributed by atoms with Gasteiger partial charge in [0, 0.05) is 24.8 Å². The van der Waals surface area contributed by atoms with E-state index in [9.17, 15) is 4.79 Å². The third-order valence-electron chi connectivity index (χ3n) is 4.70. The smallest absolute Gasteiger partial charge is 0.244 e. The maximum Gasteiger partial charge on any atom is 0.244 e. The molecule has 2 aliphatic heterocycles. The minimum atomic E-state index is 0.218. The lowest BCUT2D eigenvalue weighted by atomic mass is 10.0. The van der Waals surface area contributed by atoms with Gasteiger partial charge in [-0.3, -0.25) is 9.48 Å². The van der Waals surface area contributed by atoms with E-state index in [4.69, 9.17) is 0 Å². The van der Waals surface area contributed by atoms with Crippen molar-refractivity contribution in [3.8, 4) is 0 Å². The first-order valence-corrected chi connectivity index (χ1v) is 7.64. The van der Waals surface area contributed by atoms with Gasteiger partial charge >= 0.3 is 0 Å². The van der Waals surface area contributed by atoms with Gasteiger partial charge < -0.3 is 9.80 Å². The summed E-state index contributed by atoms with van der Waals surface area (Å²) >= 11 is 0. The van der Waals surface area contributed by atoms with E-state index < -0.39 is 0 Å². The molecule has 1 amide bonds. The molecule has 2 saturated heterocycles. The van der Waals surface area contributed by atoms with Gasteiger partial charge in [-0.25, -0.2) is 0 Å². The van der Waals surface area contributed by atoms with Crippen molar-refractivity contribution in [3.63, 3.8) is 0 Å². The van der Waals surface area contributed by atoms with Gasteiger partial charge in [-0.05, 0) is 51.8 Å². The standard InChI is InChI=1S/C15H24N4O/c1-12-9-16-18(10-12)11-15(20)19-8-4-6-14(19)13-5-3-7-17(13)2/h9-10,13-14H,3-8,11H2,1-2H3/t13-,14+/m1/s1. The first kappa shape index (κ1) is 13.6. The van der Waals surface area contributed by atoms with E-state index in [2.05, 4.69) is 21.9 Å². The monoisotopic (exact) mass is 276 g/mol. The zero-order chi connectivity index (χ0) is 14.1. The highest BCUT2D eigenvalue weighted by atomic mass is 16.2. The third-order valence-corrected chi connectivity index (χ3v) is 4.70. The molecule has 1 aromatic rings. The molecule has 5 heteroatoms. The Labute approximate surface area is 120 Å². The van der Waals surface area contributed by atoms with Crippen LogP contribution in [0.4, 0.5) is 0 Å². The molecule has 20 heavy (non-hydrogen) atoms. The van der Waals surface area contributed by atoms with Crippen LogP contribution in [0, 0.1) is 6.92 Å². The van der Waals surface area contributed by atoms with Crippen molar-refractivity contribution in [2.45, 2.75) is 51.2 Å². The van der Waals surface area contributed by atoms with E-state index in [0.717, 1.165) is 24.9 Å². The molecule has 2 aliphatic rings. The summed E-state index contributed by atoms with van der Waals surface area (Å²) in [7, 11) is 2.19. The molecule has 0 aromatic carbocycles. The number of rotatable bonds is 3. The fourth-order valence-corrected chi connectivity index (χ4v) is 3.71. The molecule has 0 saturated carbocycles. The van der Waals surface area contributed by atoms with Gasteiger partial charge in [0.2, 0.25) is 5.91 Å². The summed E-state index contributed by atoms with van der Waals surface area (Å²) in [4.78, 5) is 17.1. The predicted octanol–water partition coefficient (Wildman–Crippen LogP) is 1.28. The van der Waals surface area contributed by atoms with E-state index in [-0.39, 0.29) is 5.91 Å². The van der Waals surface area contributed by atoms with Crippen molar-refractivity contribution < 1.29 is 4.79 Å². The Morgan fingerprint density at radius 2 is 2.05 bits per heavy atom. The lowest BCUT2D eigenvalue weighted by Gasteiger charge is -2.33. The molecule has 0 unspecified atom stereocenters. The van der Waals surface area contributed by atoms with Gasteiger partial charge in [0.15, 0.2) is 0 Å². The Morgan fingerprint density at radius 3 is 2.70 bits per heavy atom. The van der Waals surface area contributed by atoms with Crippen LogP contribution in [-0.2, 0) is 11.3 Å². The van der Waals surface area contributed by atoms with E-state index in [1.807, 2.05) is 13.1 Å². The summed E-state index contributed by atoms with van der Waals surface area (Å²) in [5.74, 6) is 0.218. The number of amides is 1.